The average Bonchev–Trinajstić information content (AvgIpc) is 3.40. The third kappa shape index (κ3) is 5.24. The summed E-state index contributed by atoms with van der Waals surface area (Å²) in [5, 5.41) is 3.00. The SMILES string of the molecule is O=C(NCc1ccc(C[NH+]2CCCC2)cc1)c1ccc(CN2CCCC2=O)cc1. The monoisotopic (exact) mass is 392 g/mol. The summed E-state index contributed by atoms with van der Waals surface area (Å²) in [7, 11) is 0. The molecular weight excluding hydrogens is 362 g/mol. The highest BCUT2D eigenvalue weighted by Crippen LogP contribution is 2.15. The van der Waals surface area contributed by atoms with Crippen molar-refractivity contribution >= 4 is 11.8 Å². The Morgan fingerprint density at radius 1 is 0.897 bits per heavy atom. The van der Waals surface area contributed by atoms with Crippen molar-refractivity contribution in [2.24, 2.45) is 0 Å². The van der Waals surface area contributed by atoms with Crippen LogP contribution in [0.25, 0.3) is 0 Å². The molecule has 2 aliphatic rings. The molecule has 0 atom stereocenters. The lowest BCUT2D eigenvalue weighted by Gasteiger charge is -2.15. The maximum Gasteiger partial charge on any atom is 0.251 e. The molecule has 4 rings (SSSR count). The molecule has 0 saturated carbocycles. The van der Waals surface area contributed by atoms with Gasteiger partial charge in [-0.05, 0) is 29.7 Å². The van der Waals surface area contributed by atoms with Crippen molar-refractivity contribution in [3.05, 3.63) is 70.8 Å². The molecule has 152 valence electrons. The van der Waals surface area contributed by atoms with Gasteiger partial charge in [-0.1, -0.05) is 36.4 Å². The van der Waals surface area contributed by atoms with Crippen LogP contribution in [0.15, 0.2) is 48.5 Å². The number of rotatable bonds is 7. The fourth-order valence-corrected chi connectivity index (χ4v) is 4.25. The minimum Gasteiger partial charge on any atom is -0.348 e. The summed E-state index contributed by atoms with van der Waals surface area (Å²) < 4.78 is 0. The summed E-state index contributed by atoms with van der Waals surface area (Å²) in [6.45, 7) is 5.66. The summed E-state index contributed by atoms with van der Waals surface area (Å²) in [4.78, 5) is 27.7. The predicted molar refractivity (Wildman–Crippen MR) is 112 cm³/mol. The van der Waals surface area contributed by atoms with Crippen LogP contribution in [0.5, 0.6) is 0 Å². The van der Waals surface area contributed by atoms with Gasteiger partial charge in [0.2, 0.25) is 5.91 Å². The van der Waals surface area contributed by atoms with Crippen LogP contribution >= 0.6 is 0 Å². The molecule has 2 heterocycles. The molecule has 0 spiro atoms. The number of nitrogens with zero attached hydrogens (tertiary/aromatic N) is 1. The number of carbonyl (C=O) groups excluding carboxylic acids is 2. The molecule has 5 nitrogen and oxygen atoms in total. The van der Waals surface area contributed by atoms with E-state index in [1.54, 1.807) is 4.90 Å². The second-order valence-electron chi connectivity index (χ2n) is 8.25. The van der Waals surface area contributed by atoms with Crippen molar-refractivity contribution in [3.8, 4) is 0 Å². The van der Waals surface area contributed by atoms with Gasteiger partial charge in [0.15, 0.2) is 0 Å². The molecule has 0 radical (unpaired) electrons. The molecule has 2 amide bonds. The van der Waals surface area contributed by atoms with Gasteiger partial charge in [-0.3, -0.25) is 9.59 Å². The Morgan fingerprint density at radius 2 is 1.55 bits per heavy atom. The second kappa shape index (κ2) is 9.23. The van der Waals surface area contributed by atoms with E-state index in [0.29, 0.717) is 25.1 Å². The maximum atomic E-state index is 12.4. The van der Waals surface area contributed by atoms with Crippen molar-refractivity contribution in [2.45, 2.75) is 45.3 Å². The van der Waals surface area contributed by atoms with Gasteiger partial charge in [-0.2, -0.15) is 0 Å². The zero-order chi connectivity index (χ0) is 20.1. The number of amides is 2. The fraction of sp³-hybridized carbons (Fsp3) is 0.417. The van der Waals surface area contributed by atoms with E-state index >= 15 is 0 Å². The van der Waals surface area contributed by atoms with Crippen LogP contribution in [0.3, 0.4) is 0 Å². The molecule has 2 fully saturated rings. The van der Waals surface area contributed by atoms with E-state index in [1.165, 1.54) is 31.5 Å². The molecule has 0 aromatic heterocycles. The highest BCUT2D eigenvalue weighted by molar-refractivity contribution is 5.94. The van der Waals surface area contributed by atoms with E-state index in [0.717, 1.165) is 30.6 Å². The molecule has 2 saturated heterocycles. The Labute approximate surface area is 172 Å². The lowest BCUT2D eigenvalue weighted by atomic mass is 10.1. The molecule has 5 heteroatoms. The normalized spacial score (nSPS) is 17.1. The van der Waals surface area contributed by atoms with Crippen molar-refractivity contribution in [1.82, 2.24) is 10.2 Å². The molecular formula is C24H30N3O2+. The first-order valence-electron chi connectivity index (χ1n) is 10.7. The number of carbonyl (C=O) groups is 2. The summed E-state index contributed by atoms with van der Waals surface area (Å²) in [6.07, 6.45) is 4.29. The summed E-state index contributed by atoms with van der Waals surface area (Å²) in [6, 6.07) is 16.2. The molecule has 2 aromatic rings. The molecule has 2 N–H and O–H groups in total. The lowest BCUT2D eigenvalue weighted by molar-refractivity contribution is -0.901. The van der Waals surface area contributed by atoms with Crippen molar-refractivity contribution in [2.75, 3.05) is 19.6 Å². The number of hydrogen-bond acceptors (Lipinski definition) is 2. The van der Waals surface area contributed by atoms with Crippen LogP contribution in [0.2, 0.25) is 0 Å². The largest absolute Gasteiger partial charge is 0.348 e. The number of benzene rings is 2. The van der Waals surface area contributed by atoms with Gasteiger partial charge >= 0.3 is 0 Å². The van der Waals surface area contributed by atoms with Gasteiger partial charge in [0.25, 0.3) is 5.91 Å². The lowest BCUT2D eigenvalue weighted by Crippen LogP contribution is -3.08. The van der Waals surface area contributed by atoms with Gasteiger partial charge in [0.05, 0.1) is 13.1 Å². The van der Waals surface area contributed by atoms with Crippen LogP contribution < -0.4 is 10.2 Å². The molecule has 0 aliphatic carbocycles. The van der Waals surface area contributed by atoms with Crippen LogP contribution in [-0.4, -0.2) is 36.3 Å². The number of nitrogens with one attached hydrogen (secondary N) is 2. The van der Waals surface area contributed by atoms with E-state index in [9.17, 15) is 9.59 Å². The summed E-state index contributed by atoms with van der Waals surface area (Å²) in [5.74, 6) is 0.152. The van der Waals surface area contributed by atoms with Crippen LogP contribution in [0, 0.1) is 0 Å². The first-order chi connectivity index (χ1) is 14.2. The zero-order valence-corrected chi connectivity index (χ0v) is 17.0. The number of quaternary nitrogens is 1. The van der Waals surface area contributed by atoms with Crippen LogP contribution in [0.4, 0.5) is 0 Å². The van der Waals surface area contributed by atoms with E-state index < -0.39 is 0 Å². The average molecular weight is 393 g/mol. The van der Waals surface area contributed by atoms with Gasteiger partial charge < -0.3 is 15.1 Å². The smallest absolute Gasteiger partial charge is 0.251 e. The molecule has 2 aromatic carbocycles. The third-order valence-electron chi connectivity index (χ3n) is 6.00. The van der Waals surface area contributed by atoms with Gasteiger partial charge in [-0.15, -0.1) is 0 Å². The van der Waals surface area contributed by atoms with E-state index in [4.69, 9.17) is 0 Å². The third-order valence-corrected chi connectivity index (χ3v) is 6.00. The van der Waals surface area contributed by atoms with Crippen molar-refractivity contribution in [1.29, 1.82) is 0 Å². The Bertz CT molecular complexity index is 839. The minimum absolute atomic E-state index is 0.0700. The van der Waals surface area contributed by atoms with Gasteiger partial charge in [0, 0.05) is 50.0 Å². The van der Waals surface area contributed by atoms with Gasteiger partial charge in [0.1, 0.15) is 6.54 Å². The Hall–Kier alpha value is -2.66. The number of hydrogen-bond donors (Lipinski definition) is 2. The van der Waals surface area contributed by atoms with E-state index in [1.807, 2.05) is 29.2 Å². The number of likely N-dealkylation sites (tertiary alicyclic amines) is 2. The molecule has 0 unspecified atom stereocenters. The van der Waals surface area contributed by atoms with Crippen molar-refractivity contribution < 1.29 is 14.5 Å². The summed E-state index contributed by atoms with van der Waals surface area (Å²) >= 11 is 0. The highest BCUT2D eigenvalue weighted by Gasteiger charge is 2.20. The minimum atomic E-state index is -0.0700. The topological polar surface area (TPSA) is 53.9 Å². The fourth-order valence-electron chi connectivity index (χ4n) is 4.25. The molecule has 2 aliphatic heterocycles. The zero-order valence-electron chi connectivity index (χ0n) is 17.0. The molecule has 29 heavy (non-hydrogen) atoms. The Balaban J connectivity index is 1.26. The summed E-state index contributed by atoms with van der Waals surface area (Å²) in [5.41, 5.74) is 4.19. The second-order valence-corrected chi connectivity index (χ2v) is 8.25. The Morgan fingerprint density at radius 3 is 2.21 bits per heavy atom. The predicted octanol–water partition coefficient (Wildman–Crippen LogP) is 1.92. The highest BCUT2D eigenvalue weighted by atomic mass is 16.2. The standard InChI is InChI=1S/C24H29N3O2/c28-23-4-3-15-27(23)18-21-9-11-22(12-10-21)24(29)25-16-19-5-7-20(8-6-19)17-26-13-1-2-14-26/h5-12H,1-4,13-18H2,(H,25,29)/p+1. The van der Waals surface area contributed by atoms with Crippen molar-refractivity contribution in [3.63, 3.8) is 0 Å². The quantitative estimate of drug-likeness (QED) is 0.756. The van der Waals surface area contributed by atoms with E-state index in [-0.39, 0.29) is 11.8 Å². The maximum absolute atomic E-state index is 12.4. The van der Waals surface area contributed by atoms with Crippen LogP contribution in [-0.2, 0) is 24.4 Å². The van der Waals surface area contributed by atoms with Gasteiger partial charge in [-0.25, -0.2) is 0 Å². The molecule has 0 bridgehead atoms. The van der Waals surface area contributed by atoms with Crippen LogP contribution in [0.1, 0.15) is 52.7 Å². The first-order valence-corrected chi connectivity index (χ1v) is 10.7. The Kier molecular flexibility index (Phi) is 6.25. The van der Waals surface area contributed by atoms with E-state index in [2.05, 4.69) is 29.6 Å². The first kappa shape index (κ1) is 19.6.